The zero-order valence-corrected chi connectivity index (χ0v) is 14.7. The van der Waals surface area contributed by atoms with Crippen molar-refractivity contribution >= 4 is 0 Å². The Bertz CT molecular complexity index is 650. The molecule has 1 aliphatic rings. The Kier molecular flexibility index (Phi) is 4.47. The molecule has 122 valence electrons. The van der Waals surface area contributed by atoms with Crippen LogP contribution in [0, 0.1) is 18.3 Å². The van der Waals surface area contributed by atoms with Crippen LogP contribution in [-0.4, -0.2) is 15.0 Å². The van der Waals surface area contributed by atoms with Gasteiger partial charge in [0.1, 0.15) is 0 Å². The molecule has 0 amide bonds. The summed E-state index contributed by atoms with van der Waals surface area (Å²) < 4.78 is 0. The zero-order valence-electron chi connectivity index (χ0n) is 14.7. The lowest BCUT2D eigenvalue weighted by molar-refractivity contribution is 0.169. The van der Waals surface area contributed by atoms with E-state index in [1.54, 1.807) is 12.4 Å². The molecule has 0 unspecified atom stereocenters. The molecule has 1 saturated carbocycles. The summed E-state index contributed by atoms with van der Waals surface area (Å²) >= 11 is 0. The molecule has 0 saturated heterocycles. The first-order chi connectivity index (χ1) is 10.9. The predicted molar refractivity (Wildman–Crippen MR) is 94.2 cm³/mol. The topological polar surface area (TPSA) is 38.7 Å². The van der Waals surface area contributed by atoms with Crippen molar-refractivity contribution in [3.8, 4) is 11.4 Å². The van der Waals surface area contributed by atoms with Gasteiger partial charge in [-0.3, -0.25) is 4.98 Å². The van der Waals surface area contributed by atoms with Crippen LogP contribution < -0.4 is 0 Å². The van der Waals surface area contributed by atoms with Crippen molar-refractivity contribution in [2.24, 2.45) is 11.3 Å². The molecule has 3 rings (SSSR count). The molecule has 0 aromatic carbocycles. The van der Waals surface area contributed by atoms with E-state index in [1.165, 1.54) is 31.2 Å². The maximum absolute atomic E-state index is 4.62. The third-order valence-electron chi connectivity index (χ3n) is 5.34. The van der Waals surface area contributed by atoms with Gasteiger partial charge < -0.3 is 0 Å². The van der Waals surface area contributed by atoms with Crippen molar-refractivity contribution in [1.29, 1.82) is 0 Å². The molecule has 3 heteroatoms. The molecule has 0 N–H and O–H groups in total. The van der Waals surface area contributed by atoms with Crippen molar-refractivity contribution < 1.29 is 0 Å². The van der Waals surface area contributed by atoms with Crippen molar-refractivity contribution in [3.63, 3.8) is 0 Å². The lowest BCUT2D eigenvalue weighted by atomic mass is 9.69. The van der Waals surface area contributed by atoms with Crippen LogP contribution in [0.5, 0.6) is 0 Å². The minimum atomic E-state index is 0.430. The number of aryl methyl sites for hydroxylation is 1. The molecule has 2 heterocycles. The summed E-state index contributed by atoms with van der Waals surface area (Å²) in [5.41, 5.74) is 3.86. The van der Waals surface area contributed by atoms with E-state index >= 15 is 0 Å². The van der Waals surface area contributed by atoms with Crippen LogP contribution in [-0.2, 0) is 0 Å². The molecule has 2 aromatic rings. The van der Waals surface area contributed by atoms with Crippen molar-refractivity contribution in [1.82, 2.24) is 15.0 Å². The molecule has 2 aromatic heterocycles. The third kappa shape index (κ3) is 3.60. The van der Waals surface area contributed by atoms with Gasteiger partial charge in [-0.2, -0.15) is 0 Å². The van der Waals surface area contributed by atoms with Gasteiger partial charge in [0, 0.05) is 29.8 Å². The van der Waals surface area contributed by atoms with E-state index in [0.717, 1.165) is 23.0 Å². The number of rotatable bonds is 2. The molecule has 0 bridgehead atoms. The standard InChI is InChI=1S/C20H27N3/c1-14-18(19-21-10-5-11-22-19)12-16(13-23-14)15-6-8-17(9-7-15)20(2,3)4/h5,10-13,15,17H,6-9H2,1-4H3. The summed E-state index contributed by atoms with van der Waals surface area (Å²) in [4.78, 5) is 13.4. The van der Waals surface area contributed by atoms with E-state index in [1.807, 2.05) is 13.0 Å². The second-order valence-corrected chi connectivity index (χ2v) is 7.89. The van der Waals surface area contributed by atoms with Gasteiger partial charge >= 0.3 is 0 Å². The zero-order chi connectivity index (χ0) is 16.4. The van der Waals surface area contributed by atoms with E-state index in [0.29, 0.717) is 11.3 Å². The highest BCUT2D eigenvalue weighted by molar-refractivity contribution is 5.58. The molecule has 0 aliphatic heterocycles. The second-order valence-electron chi connectivity index (χ2n) is 7.89. The molecule has 23 heavy (non-hydrogen) atoms. The Balaban J connectivity index is 1.80. The van der Waals surface area contributed by atoms with Gasteiger partial charge in [0.15, 0.2) is 5.82 Å². The Morgan fingerprint density at radius 1 is 0.957 bits per heavy atom. The highest BCUT2D eigenvalue weighted by atomic mass is 14.9. The smallest absolute Gasteiger partial charge is 0.160 e. The van der Waals surface area contributed by atoms with E-state index in [2.05, 4.69) is 48.0 Å². The maximum atomic E-state index is 4.62. The molecule has 0 radical (unpaired) electrons. The van der Waals surface area contributed by atoms with Gasteiger partial charge in [-0.15, -0.1) is 0 Å². The number of hydrogen-bond acceptors (Lipinski definition) is 3. The SMILES string of the molecule is Cc1ncc(C2CCC(C(C)(C)C)CC2)cc1-c1ncccn1. The van der Waals surface area contributed by atoms with Crippen molar-refractivity contribution in [2.75, 3.05) is 0 Å². The van der Waals surface area contributed by atoms with Crippen LogP contribution in [0.1, 0.15) is 63.6 Å². The minimum Gasteiger partial charge on any atom is -0.261 e. The number of aromatic nitrogens is 3. The van der Waals surface area contributed by atoms with Crippen LogP contribution in [0.25, 0.3) is 11.4 Å². The van der Waals surface area contributed by atoms with E-state index in [9.17, 15) is 0 Å². The summed E-state index contributed by atoms with van der Waals surface area (Å²) in [5.74, 6) is 2.25. The maximum Gasteiger partial charge on any atom is 0.160 e. The Morgan fingerprint density at radius 2 is 1.61 bits per heavy atom. The molecule has 3 nitrogen and oxygen atoms in total. The molecule has 1 aliphatic carbocycles. The molecule has 1 fully saturated rings. The Labute approximate surface area is 139 Å². The van der Waals surface area contributed by atoms with Crippen LogP contribution in [0.3, 0.4) is 0 Å². The second kappa shape index (κ2) is 6.38. The normalized spacial score (nSPS) is 22.1. The fourth-order valence-corrected chi connectivity index (χ4v) is 3.73. The lowest BCUT2D eigenvalue weighted by Gasteiger charge is -2.37. The van der Waals surface area contributed by atoms with Crippen LogP contribution in [0.15, 0.2) is 30.7 Å². The first-order valence-corrected chi connectivity index (χ1v) is 8.69. The molecular weight excluding hydrogens is 282 g/mol. The van der Waals surface area contributed by atoms with Gasteiger partial charge in [0.2, 0.25) is 0 Å². The van der Waals surface area contributed by atoms with Crippen molar-refractivity contribution in [2.45, 2.75) is 59.3 Å². The monoisotopic (exact) mass is 309 g/mol. The molecule has 0 spiro atoms. The Hall–Kier alpha value is -1.77. The summed E-state index contributed by atoms with van der Waals surface area (Å²) in [6.45, 7) is 9.15. The summed E-state index contributed by atoms with van der Waals surface area (Å²) in [6, 6.07) is 4.11. The van der Waals surface area contributed by atoms with Gasteiger partial charge in [-0.1, -0.05) is 20.8 Å². The van der Waals surface area contributed by atoms with Crippen molar-refractivity contribution in [3.05, 3.63) is 42.0 Å². The number of pyridine rings is 1. The minimum absolute atomic E-state index is 0.430. The first kappa shape index (κ1) is 16.1. The largest absolute Gasteiger partial charge is 0.261 e. The van der Waals surface area contributed by atoms with E-state index < -0.39 is 0 Å². The van der Waals surface area contributed by atoms with Crippen LogP contribution >= 0.6 is 0 Å². The predicted octanol–water partition coefficient (Wildman–Crippen LogP) is 5.17. The van der Waals surface area contributed by atoms with Gasteiger partial charge in [0.25, 0.3) is 0 Å². The highest BCUT2D eigenvalue weighted by Gasteiger charge is 2.30. The van der Waals surface area contributed by atoms with Crippen LogP contribution in [0.4, 0.5) is 0 Å². The summed E-state index contributed by atoms with van der Waals surface area (Å²) in [6.07, 6.45) is 10.8. The lowest BCUT2D eigenvalue weighted by Crippen LogP contribution is -2.25. The molecular formula is C20H27N3. The fraction of sp³-hybridized carbons (Fsp3) is 0.550. The summed E-state index contributed by atoms with van der Waals surface area (Å²) in [5, 5.41) is 0. The van der Waals surface area contributed by atoms with Gasteiger partial charge in [-0.25, -0.2) is 9.97 Å². The number of nitrogens with zero attached hydrogens (tertiary/aromatic N) is 3. The summed E-state index contributed by atoms with van der Waals surface area (Å²) in [7, 11) is 0. The average molecular weight is 309 g/mol. The number of hydrogen-bond donors (Lipinski definition) is 0. The third-order valence-corrected chi connectivity index (χ3v) is 5.34. The van der Waals surface area contributed by atoms with Crippen LogP contribution in [0.2, 0.25) is 0 Å². The molecule has 0 atom stereocenters. The highest BCUT2D eigenvalue weighted by Crippen LogP contribution is 2.43. The van der Waals surface area contributed by atoms with Gasteiger partial charge in [-0.05, 0) is 67.6 Å². The fourth-order valence-electron chi connectivity index (χ4n) is 3.73. The van der Waals surface area contributed by atoms with E-state index in [-0.39, 0.29) is 0 Å². The van der Waals surface area contributed by atoms with E-state index in [4.69, 9.17) is 0 Å². The first-order valence-electron chi connectivity index (χ1n) is 8.69. The van der Waals surface area contributed by atoms with Gasteiger partial charge in [0.05, 0.1) is 0 Å². The quantitative estimate of drug-likeness (QED) is 0.768. The average Bonchev–Trinajstić information content (AvgIpc) is 2.55. The Morgan fingerprint density at radius 3 is 2.22 bits per heavy atom.